The summed E-state index contributed by atoms with van der Waals surface area (Å²) >= 11 is 0. The van der Waals surface area contributed by atoms with Crippen LogP contribution in [0.2, 0.25) is 0 Å². The van der Waals surface area contributed by atoms with Crippen LogP contribution in [0.25, 0.3) is 0 Å². The third kappa shape index (κ3) is 1.65. The Labute approximate surface area is 55.0 Å². The van der Waals surface area contributed by atoms with Gasteiger partial charge in [0.1, 0.15) is 12.2 Å². The molecule has 1 atom stereocenters. The van der Waals surface area contributed by atoms with Gasteiger partial charge in [-0.25, -0.2) is 0 Å². The van der Waals surface area contributed by atoms with Crippen molar-refractivity contribution in [2.75, 3.05) is 0 Å². The molecular formula is C8H8O. The Balaban J connectivity index is 2.39. The van der Waals surface area contributed by atoms with E-state index in [-0.39, 0.29) is 6.10 Å². The molecule has 1 aliphatic rings. The third-order valence-electron chi connectivity index (χ3n) is 1.16. The molecule has 0 aromatic heterocycles. The highest BCUT2D eigenvalue weighted by atomic mass is 16.5. The van der Waals surface area contributed by atoms with E-state index in [2.05, 4.69) is 6.11 Å². The molecule has 1 heteroatoms. The Hall–Kier alpha value is -1.16. The molecular weight excluding hydrogens is 112 g/mol. The second-order valence-electron chi connectivity index (χ2n) is 1.82. The van der Waals surface area contributed by atoms with Crippen molar-refractivity contribution in [2.45, 2.75) is 12.5 Å². The summed E-state index contributed by atoms with van der Waals surface area (Å²) in [5.41, 5.74) is 0. The lowest BCUT2D eigenvalue weighted by atomic mass is 10.1. The van der Waals surface area contributed by atoms with Crippen molar-refractivity contribution < 1.29 is 4.74 Å². The smallest absolute Gasteiger partial charge is 0.132 e. The monoisotopic (exact) mass is 120 g/mol. The summed E-state index contributed by atoms with van der Waals surface area (Å²) < 4.78 is 4.87. The van der Waals surface area contributed by atoms with Gasteiger partial charge in [0.05, 0.1) is 0 Å². The van der Waals surface area contributed by atoms with Crippen molar-refractivity contribution in [1.29, 1.82) is 0 Å². The Bertz CT molecular complexity index is 171. The molecule has 0 heterocycles. The van der Waals surface area contributed by atoms with E-state index in [1.54, 1.807) is 0 Å². The van der Waals surface area contributed by atoms with Crippen LogP contribution in [0.4, 0.5) is 0 Å². The minimum atomic E-state index is 0.0972. The summed E-state index contributed by atoms with van der Waals surface area (Å²) in [7, 11) is 0. The van der Waals surface area contributed by atoms with Crippen LogP contribution in [0.1, 0.15) is 6.42 Å². The van der Waals surface area contributed by atoms with Crippen molar-refractivity contribution in [1.82, 2.24) is 0 Å². The van der Waals surface area contributed by atoms with Crippen molar-refractivity contribution >= 4 is 0 Å². The number of hydrogen-bond donors (Lipinski definition) is 0. The van der Waals surface area contributed by atoms with Crippen LogP contribution < -0.4 is 0 Å². The van der Waals surface area contributed by atoms with E-state index in [1.165, 1.54) is 0 Å². The van der Waals surface area contributed by atoms with E-state index >= 15 is 0 Å². The molecule has 1 rings (SSSR count). The lowest BCUT2D eigenvalue weighted by molar-refractivity contribution is 0.214. The van der Waals surface area contributed by atoms with Crippen LogP contribution in [-0.2, 0) is 4.74 Å². The van der Waals surface area contributed by atoms with Gasteiger partial charge < -0.3 is 4.74 Å². The highest BCUT2D eigenvalue weighted by Gasteiger charge is 2.01. The van der Waals surface area contributed by atoms with E-state index in [0.717, 1.165) is 6.42 Å². The summed E-state index contributed by atoms with van der Waals surface area (Å²) in [5.74, 6) is 0. The summed E-state index contributed by atoms with van der Waals surface area (Å²) in [5, 5.41) is 0. The van der Waals surface area contributed by atoms with E-state index in [0.29, 0.717) is 0 Å². The normalized spacial score (nSPS) is 23.2. The second-order valence-corrected chi connectivity index (χ2v) is 1.82. The zero-order chi connectivity index (χ0) is 6.53. The van der Waals surface area contributed by atoms with E-state index in [9.17, 15) is 0 Å². The molecule has 0 aromatic carbocycles. The number of hydrogen-bond acceptors (Lipinski definition) is 1. The average Bonchev–Trinajstić information content (AvgIpc) is 1.91. The van der Waals surface area contributed by atoms with Gasteiger partial charge in [0.15, 0.2) is 0 Å². The molecule has 0 saturated heterocycles. The maximum atomic E-state index is 4.93. The van der Waals surface area contributed by atoms with E-state index in [1.807, 2.05) is 24.3 Å². The lowest BCUT2D eigenvalue weighted by Gasteiger charge is -2.08. The Morgan fingerprint density at radius 2 is 2.44 bits per heavy atom. The van der Waals surface area contributed by atoms with Crippen molar-refractivity contribution in [3.63, 3.8) is 0 Å². The fourth-order valence-corrected chi connectivity index (χ4v) is 0.733. The minimum Gasteiger partial charge on any atom is -0.439 e. The molecule has 1 unspecified atom stereocenters. The Morgan fingerprint density at radius 1 is 1.56 bits per heavy atom. The summed E-state index contributed by atoms with van der Waals surface area (Å²) in [6.07, 6.45) is 16.0. The highest BCUT2D eigenvalue weighted by molar-refractivity contribution is 5.12. The standard InChI is InChI=1S/C8H8O/c1-2-9-8-6-4-3-5-7-8/h1,3-6,8H,7H2. The van der Waals surface area contributed by atoms with Crippen LogP contribution in [0.3, 0.4) is 0 Å². The van der Waals surface area contributed by atoms with Gasteiger partial charge in [-0.3, -0.25) is 0 Å². The van der Waals surface area contributed by atoms with Gasteiger partial charge >= 0.3 is 0 Å². The molecule has 0 aliphatic heterocycles. The molecule has 0 saturated carbocycles. The van der Waals surface area contributed by atoms with Crippen LogP contribution in [-0.4, -0.2) is 6.10 Å². The molecule has 46 valence electrons. The van der Waals surface area contributed by atoms with Gasteiger partial charge in [0, 0.05) is 6.42 Å². The number of terminal acetylenes is 1. The summed E-state index contributed by atoms with van der Waals surface area (Å²) in [6, 6.07) is 0. The maximum Gasteiger partial charge on any atom is 0.132 e. The zero-order valence-corrected chi connectivity index (χ0v) is 5.08. The number of rotatable bonds is 1. The molecule has 1 aliphatic carbocycles. The number of ether oxygens (including phenoxy) is 1. The van der Waals surface area contributed by atoms with Gasteiger partial charge in [-0.2, -0.15) is 0 Å². The first-order valence-corrected chi connectivity index (χ1v) is 2.88. The van der Waals surface area contributed by atoms with E-state index in [4.69, 9.17) is 11.2 Å². The first kappa shape index (κ1) is 5.97. The summed E-state index contributed by atoms with van der Waals surface area (Å²) in [6.45, 7) is 0. The zero-order valence-electron chi connectivity index (χ0n) is 5.08. The molecule has 1 nitrogen and oxygen atoms in total. The van der Waals surface area contributed by atoms with Gasteiger partial charge in [0.25, 0.3) is 0 Å². The van der Waals surface area contributed by atoms with Crippen molar-refractivity contribution in [3.05, 3.63) is 24.3 Å². The largest absolute Gasteiger partial charge is 0.439 e. The van der Waals surface area contributed by atoms with Gasteiger partial charge in [-0.15, -0.1) is 0 Å². The average molecular weight is 120 g/mol. The van der Waals surface area contributed by atoms with Crippen LogP contribution in [0.15, 0.2) is 24.3 Å². The Morgan fingerprint density at radius 3 is 3.00 bits per heavy atom. The predicted octanol–water partition coefficient (Wildman–Crippen LogP) is 1.48. The first-order valence-electron chi connectivity index (χ1n) is 2.88. The molecule has 0 aromatic rings. The fourth-order valence-electron chi connectivity index (χ4n) is 0.733. The quantitative estimate of drug-likeness (QED) is 0.476. The van der Waals surface area contributed by atoms with Gasteiger partial charge in [-0.1, -0.05) is 24.7 Å². The molecule has 0 fully saturated rings. The van der Waals surface area contributed by atoms with E-state index < -0.39 is 0 Å². The highest BCUT2D eigenvalue weighted by Crippen LogP contribution is 2.05. The molecule has 0 amide bonds. The van der Waals surface area contributed by atoms with Crippen LogP contribution in [0.5, 0.6) is 0 Å². The maximum absolute atomic E-state index is 4.93. The minimum absolute atomic E-state index is 0.0972. The third-order valence-corrected chi connectivity index (χ3v) is 1.16. The van der Waals surface area contributed by atoms with Crippen molar-refractivity contribution in [2.24, 2.45) is 0 Å². The van der Waals surface area contributed by atoms with Gasteiger partial charge in [-0.05, 0) is 6.08 Å². The predicted molar refractivity (Wildman–Crippen MR) is 36.6 cm³/mol. The van der Waals surface area contributed by atoms with Gasteiger partial charge in [0.2, 0.25) is 0 Å². The molecule has 0 spiro atoms. The molecule has 0 radical (unpaired) electrons. The Kier molecular flexibility index (Phi) is 1.98. The first-order chi connectivity index (χ1) is 4.43. The molecule has 0 N–H and O–H groups in total. The number of allylic oxidation sites excluding steroid dienone is 2. The SMILES string of the molecule is C#COC1C=CC=CC1. The summed E-state index contributed by atoms with van der Waals surface area (Å²) in [4.78, 5) is 0. The van der Waals surface area contributed by atoms with Crippen molar-refractivity contribution in [3.8, 4) is 12.5 Å². The fraction of sp³-hybridized carbons (Fsp3) is 0.250. The molecule has 9 heavy (non-hydrogen) atoms. The lowest BCUT2D eigenvalue weighted by Crippen LogP contribution is -2.05. The second kappa shape index (κ2) is 2.99. The van der Waals surface area contributed by atoms with Crippen LogP contribution in [0, 0.1) is 12.5 Å². The topological polar surface area (TPSA) is 9.23 Å². The van der Waals surface area contributed by atoms with Crippen LogP contribution >= 0.6 is 0 Å². The molecule has 0 bridgehead atoms.